The Kier molecular flexibility index (Phi) is 5.35. The predicted octanol–water partition coefficient (Wildman–Crippen LogP) is 2.21. The number of ether oxygens (including phenoxy) is 2. The van der Waals surface area contributed by atoms with Crippen molar-refractivity contribution < 1.29 is 27.9 Å². The van der Waals surface area contributed by atoms with Crippen LogP contribution in [0, 0.1) is 12.7 Å². The fraction of sp³-hybridized carbons (Fsp3) is 0.250. The third-order valence-electron chi connectivity index (χ3n) is 3.02. The van der Waals surface area contributed by atoms with E-state index in [1.165, 1.54) is 37.4 Å². The summed E-state index contributed by atoms with van der Waals surface area (Å²) in [6.07, 6.45) is 0. The minimum Gasteiger partial charge on any atom is -0.484 e. The lowest BCUT2D eigenvalue weighted by molar-refractivity contribution is -0.123. The average Bonchev–Trinajstić information content (AvgIpc) is 2.92. The molecule has 0 atom stereocenters. The average molecular weight is 321 g/mol. The lowest BCUT2D eigenvalue weighted by atomic mass is 10.2. The summed E-state index contributed by atoms with van der Waals surface area (Å²) in [5.74, 6) is -0.00655. The van der Waals surface area contributed by atoms with Crippen molar-refractivity contribution in [2.75, 3.05) is 13.7 Å². The van der Waals surface area contributed by atoms with Gasteiger partial charge in [-0.2, -0.15) is 0 Å². The Bertz CT molecular complexity index is 693. The van der Waals surface area contributed by atoms with Gasteiger partial charge in [0.15, 0.2) is 6.61 Å². The van der Waals surface area contributed by atoms with Crippen molar-refractivity contribution in [2.24, 2.45) is 0 Å². The third kappa shape index (κ3) is 4.57. The molecular formula is C16H16FNO5. The van der Waals surface area contributed by atoms with Gasteiger partial charge in [0.25, 0.3) is 5.91 Å². The van der Waals surface area contributed by atoms with Gasteiger partial charge in [0, 0.05) is 0 Å². The van der Waals surface area contributed by atoms with Crippen molar-refractivity contribution in [1.29, 1.82) is 0 Å². The second kappa shape index (κ2) is 7.44. The number of amides is 1. The maximum atomic E-state index is 12.7. The molecule has 0 aliphatic rings. The van der Waals surface area contributed by atoms with Crippen LogP contribution in [-0.4, -0.2) is 25.6 Å². The van der Waals surface area contributed by atoms with Crippen molar-refractivity contribution >= 4 is 11.9 Å². The van der Waals surface area contributed by atoms with Crippen molar-refractivity contribution in [3.8, 4) is 5.75 Å². The first-order valence-electron chi connectivity index (χ1n) is 6.82. The van der Waals surface area contributed by atoms with Gasteiger partial charge >= 0.3 is 5.97 Å². The summed E-state index contributed by atoms with van der Waals surface area (Å²) in [6.45, 7) is 1.54. The first-order valence-corrected chi connectivity index (χ1v) is 6.82. The van der Waals surface area contributed by atoms with Crippen molar-refractivity contribution in [2.45, 2.75) is 13.5 Å². The number of benzene rings is 1. The molecule has 1 heterocycles. The molecule has 0 radical (unpaired) electrons. The summed E-state index contributed by atoms with van der Waals surface area (Å²) in [6, 6.07) is 6.87. The molecule has 2 aromatic rings. The maximum Gasteiger partial charge on any atom is 0.341 e. The van der Waals surface area contributed by atoms with Crippen LogP contribution in [0.25, 0.3) is 0 Å². The van der Waals surface area contributed by atoms with Gasteiger partial charge in [0.05, 0.1) is 13.7 Å². The summed E-state index contributed by atoms with van der Waals surface area (Å²) in [7, 11) is 1.28. The molecule has 0 bridgehead atoms. The zero-order valence-corrected chi connectivity index (χ0v) is 12.7. The first kappa shape index (κ1) is 16.5. The van der Waals surface area contributed by atoms with Crippen LogP contribution < -0.4 is 10.1 Å². The zero-order valence-electron chi connectivity index (χ0n) is 12.7. The van der Waals surface area contributed by atoms with Crippen LogP contribution in [-0.2, 0) is 16.1 Å². The molecule has 1 amide bonds. The van der Waals surface area contributed by atoms with E-state index in [-0.39, 0.29) is 24.9 Å². The van der Waals surface area contributed by atoms with Crippen molar-refractivity contribution in [3.63, 3.8) is 0 Å². The van der Waals surface area contributed by atoms with E-state index in [0.29, 0.717) is 22.8 Å². The molecule has 0 saturated heterocycles. The summed E-state index contributed by atoms with van der Waals surface area (Å²) < 4.78 is 27.9. The van der Waals surface area contributed by atoms with Gasteiger partial charge in [-0.05, 0) is 37.3 Å². The van der Waals surface area contributed by atoms with Crippen LogP contribution in [0.2, 0.25) is 0 Å². The monoisotopic (exact) mass is 321 g/mol. The van der Waals surface area contributed by atoms with Crippen LogP contribution in [0.1, 0.15) is 21.9 Å². The van der Waals surface area contributed by atoms with Crippen LogP contribution >= 0.6 is 0 Å². The van der Waals surface area contributed by atoms with Gasteiger partial charge < -0.3 is 19.2 Å². The largest absolute Gasteiger partial charge is 0.484 e. The van der Waals surface area contributed by atoms with Gasteiger partial charge in [0.2, 0.25) is 0 Å². The van der Waals surface area contributed by atoms with Gasteiger partial charge in [0.1, 0.15) is 28.7 Å². The van der Waals surface area contributed by atoms with E-state index in [1.807, 2.05) is 0 Å². The minimum absolute atomic E-state index is 0.115. The summed E-state index contributed by atoms with van der Waals surface area (Å²) in [5.41, 5.74) is 0.319. The Labute approximate surface area is 132 Å². The molecule has 1 aromatic carbocycles. The number of rotatable bonds is 6. The van der Waals surface area contributed by atoms with Gasteiger partial charge in [-0.25, -0.2) is 9.18 Å². The topological polar surface area (TPSA) is 77.8 Å². The number of esters is 1. The number of carbonyl (C=O) groups excluding carboxylic acids is 2. The molecule has 23 heavy (non-hydrogen) atoms. The molecule has 0 saturated carbocycles. The van der Waals surface area contributed by atoms with E-state index in [0.717, 1.165) is 0 Å². The van der Waals surface area contributed by atoms with Gasteiger partial charge in [-0.1, -0.05) is 0 Å². The minimum atomic E-state index is -0.497. The number of nitrogens with one attached hydrogen (secondary N) is 1. The Morgan fingerprint density at radius 3 is 2.61 bits per heavy atom. The van der Waals surface area contributed by atoms with Crippen LogP contribution in [0.15, 0.2) is 34.7 Å². The lowest BCUT2D eigenvalue weighted by Gasteiger charge is -2.06. The van der Waals surface area contributed by atoms with Gasteiger partial charge in [-0.3, -0.25) is 4.79 Å². The first-order chi connectivity index (χ1) is 11.0. The van der Waals surface area contributed by atoms with E-state index in [4.69, 9.17) is 9.15 Å². The number of furan rings is 1. The number of hydrogen-bond acceptors (Lipinski definition) is 5. The quantitative estimate of drug-likeness (QED) is 0.825. The maximum absolute atomic E-state index is 12.7. The third-order valence-corrected chi connectivity index (χ3v) is 3.02. The Morgan fingerprint density at radius 1 is 1.26 bits per heavy atom. The predicted molar refractivity (Wildman–Crippen MR) is 78.5 cm³/mol. The molecule has 7 heteroatoms. The molecule has 0 unspecified atom stereocenters. The fourth-order valence-corrected chi connectivity index (χ4v) is 1.86. The summed E-state index contributed by atoms with van der Waals surface area (Å²) >= 11 is 0. The molecule has 0 aliphatic heterocycles. The van der Waals surface area contributed by atoms with E-state index < -0.39 is 5.97 Å². The summed E-state index contributed by atoms with van der Waals surface area (Å²) in [5, 5.41) is 2.59. The highest BCUT2D eigenvalue weighted by Gasteiger charge is 2.15. The number of carbonyl (C=O) groups is 2. The second-order valence-corrected chi connectivity index (χ2v) is 4.69. The number of hydrogen-bond donors (Lipinski definition) is 1. The highest BCUT2D eigenvalue weighted by molar-refractivity contribution is 5.90. The van der Waals surface area contributed by atoms with Crippen LogP contribution in [0.4, 0.5) is 4.39 Å². The Hall–Kier alpha value is -2.83. The number of halogens is 1. The Balaban J connectivity index is 1.82. The van der Waals surface area contributed by atoms with E-state index in [2.05, 4.69) is 10.1 Å². The van der Waals surface area contributed by atoms with Crippen molar-refractivity contribution in [1.82, 2.24) is 5.32 Å². The molecule has 2 rings (SSSR count). The molecule has 6 nitrogen and oxygen atoms in total. The molecule has 1 N–H and O–H groups in total. The zero-order chi connectivity index (χ0) is 16.8. The number of methoxy groups -OCH3 is 1. The standard InChI is InChI=1S/C16H16FNO5/c1-10-14(16(20)21-2)7-13(23-10)8-18-15(19)9-22-12-5-3-11(17)4-6-12/h3-7H,8-9H2,1-2H3,(H,18,19). The molecule has 0 aliphatic carbocycles. The van der Waals surface area contributed by atoms with Crippen LogP contribution in [0.5, 0.6) is 5.75 Å². The van der Waals surface area contributed by atoms with Crippen LogP contribution in [0.3, 0.4) is 0 Å². The van der Waals surface area contributed by atoms with Crippen molar-refractivity contribution in [3.05, 3.63) is 53.2 Å². The smallest absolute Gasteiger partial charge is 0.341 e. The molecule has 1 aromatic heterocycles. The van der Waals surface area contributed by atoms with E-state index in [9.17, 15) is 14.0 Å². The van der Waals surface area contributed by atoms with Gasteiger partial charge in [-0.15, -0.1) is 0 Å². The number of aryl methyl sites for hydroxylation is 1. The second-order valence-electron chi connectivity index (χ2n) is 4.69. The SMILES string of the molecule is COC(=O)c1cc(CNC(=O)COc2ccc(F)cc2)oc1C. The molecule has 0 fully saturated rings. The summed E-state index contributed by atoms with van der Waals surface area (Å²) in [4.78, 5) is 23.1. The normalized spacial score (nSPS) is 10.2. The highest BCUT2D eigenvalue weighted by atomic mass is 19.1. The highest BCUT2D eigenvalue weighted by Crippen LogP contribution is 2.15. The fourth-order valence-electron chi connectivity index (χ4n) is 1.86. The Morgan fingerprint density at radius 2 is 1.96 bits per heavy atom. The molecule has 122 valence electrons. The molecule has 0 spiro atoms. The van der Waals surface area contributed by atoms with E-state index in [1.54, 1.807) is 6.92 Å². The lowest BCUT2D eigenvalue weighted by Crippen LogP contribution is -2.28. The van der Waals surface area contributed by atoms with E-state index >= 15 is 0 Å². The molecular weight excluding hydrogens is 305 g/mol.